The number of allylic oxidation sites excluding steroid dienone is 3. The fourth-order valence-corrected chi connectivity index (χ4v) is 7.62. The van der Waals surface area contributed by atoms with E-state index in [4.69, 9.17) is 4.74 Å². The van der Waals surface area contributed by atoms with Crippen molar-refractivity contribution < 1.29 is 9.53 Å². The molecule has 0 heterocycles. The van der Waals surface area contributed by atoms with Crippen LogP contribution in [0.25, 0.3) is 0 Å². The fourth-order valence-electron chi connectivity index (χ4n) is 7.62. The van der Waals surface area contributed by atoms with Gasteiger partial charge in [0.2, 0.25) is 0 Å². The predicted molar refractivity (Wildman–Crippen MR) is 117 cm³/mol. The molecule has 3 aliphatic carbocycles. The molecule has 0 aliphatic heterocycles. The van der Waals surface area contributed by atoms with E-state index >= 15 is 0 Å². The first kappa shape index (κ1) is 21.7. The van der Waals surface area contributed by atoms with Crippen molar-refractivity contribution in [2.75, 3.05) is 6.61 Å². The van der Waals surface area contributed by atoms with Gasteiger partial charge in [0.1, 0.15) is 0 Å². The highest BCUT2D eigenvalue weighted by Crippen LogP contribution is 2.68. The van der Waals surface area contributed by atoms with E-state index in [1.54, 1.807) is 0 Å². The molecule has 3 aliphatic rings. The van der Waals surface area contributed by atoms with Crippen molar-refractivity contribution in [3.63, 3.8) is 0 Å². The van der Waals surface area contributed by atoms with Crippen molar-refractivity contribution in [3.05, 3.63) is 23.3 Å². The molecule has 0 N–H and O–H groups in total. The molecule has 2 heteroatoms. The summed E-state index contributed by atoms with van der Waals surface area (Å²) in [6.07, 6.45) is 13.4. The third kappa shape index (κ3) is 3.39. The van der Waals surface area contributed by atoms with Crippen LogP contribution in [0.5, 0.6) is 0 Å². The zero-order valence-electron chi connectivity index (χ0n) is 19.4. The first-order chi connectivity index (χ1) is 13.1. The maximum absolute atomic E-state index is 12.5. The third-order valence-corrected chi connectivity index (χ3v) is 9.00. The van der Waals surface area contributed by atoms with Gasteiger partial charge in [0.15, 0.2) is 0 Å². The van der Waals surface area contributed by atoms with E-state index in [2.05, 4.69) is 53.7 Å². The molecule has 0 bridgehead atoms. The molecule has 2 nitrogen and oxygen atoms in total. The Kier molecular flexibility index (Phi) is 5.92. The minimum Gasteiger partial charge on any atom is -0.463 e. The van der Waals surface area contributed by atoms with E-state index in [0.717, 1.165) is 17.9 Å². The fraction of sp³-hybridized carbons (Fsp3) is 0.808. The Morgan fingerprint density at radius 2 is 1.82 bits per heavy atom. The van der Waals surface area contributed by atoms with Gasteiger partial charge in [-0.1, -0.05) is 58.8 Å². The van der Waals surface area contributed by atoms with Crippen LogP contribution >= 0.6 is 0 Å². The van der Waals surface area contributed by atoms with Crippen LogP contribution in [-0.2, 0) is 9.53 Å². The van der Waals surface area contributed by atoms with Crippen molar-refractivity contribution in [1.82, 2.24) is 0 Å². The topological polar surface area (TPSA) is 26.3 Å². The Hall–Kier alpha value is -1.05. The highest BCUT2D eigenvalue weighted by atomic mass is 16.5. The van der Waals surface area contributed by atoms with Gasteiger partial charge in [-0.3, -0.25) is 0 Å². The molecule has 28 heavy (non-hydrogen) atoms. The Morgan fingerprint density at radius 3 is 2.46 bits per heavy atom. The highest BCUT2D eigenvalue weighted by Gasteiger charge is 2.60. The summed E-state index contributed by atoms with van der Waals surface area (Å²) in [5.41, 5.74) is 3.41. The molecular weight excluding hydrogens is 344 g/mol. The van der Waals surface area contributed by atoms with Gasteiger partial charge in [-0.25, -0.2) is 4.79 Å². The summed E-state index contributed by atoms with van der Waals surface area (Å²) in [7, 11) is 0. The lowest BCUT2D eigenvalue weighted by Gasteiger charge is -2.65. The molecule has 5 atom stereocenters. The molecule has 2 saturated carbocycles. The van der Waals surface area contributed by atoms with Crippen molar-refractivity contribution in [1.29, 1.82) is 0 Å². The van der Waals surface area contributed by atoms with Gasteiger partial charge >= 0.3 is 5.97 Å². The first-order valence-corrected chi connectivity index (χ1v) is 11.6. The standard InChI is InChI=1S/C26H42O2/c1-8-19(23(27)28-9-2)17-20-18(3)11-12-22-25(20,6)16-13-21-24(4,5)14-10-15-26(21,22)7/h11,17,20-22H,8-10,12-16H2,1-7H3/b19-17+/t20-,21-,22-,25-,26-/m0/s1. The van der Waals surface area contributed by atoms with E-state index < -0.39 is 0 Å². The molecule has 0 radical (unpaired) electrons. The molecule has 0 spiro atoms. The zero-order chi connectivity index (χ0) is 20.7. The highest BCUT2D eigenvalue weighted by molar-refractivity contribution is 5.88. The monoisotopic (exact) mass is 386 g/mol. The van der Waals surface area contributed by atoms with Gasteiger partial charge < -0.3 is 4.74 Å². The number of esters is 1. The molecule has 2 fully saturated rings. The molecule has 0 amide bonds. The molecule has 0 aromatic heterocycles. The second-order valence-electron chi connectivity index (χ2n) is 10.9. The lowest BCUT2D eigenvalue weighted by atomic mass is 9.40. The summed E-state index contributed by atoms with van der Waals surface area (Å²) < 4.78 is 5.35. The van der Waals surface area contributed by atoms with Crippen molar-refractivity contribution in [2.45, 2.75) is 93.4 Å². The number of carbonyl (C=O) groups is 1. The van der Waals surface area contributed by atoms with Gasteiger partial charge in [-0.05, 0) is 80.5 Å². The smallest absolute Gasteiger partial charge is 0.333 e. The Balaban J connectivity index is 2.01. The number of rotatable bonds is 4. The van der Waals surface area contributed by atoms with E-state index in [0.29, 0.717) is 29.3 Å². The predicted octanol–water partition coefficient (Wildman–Crippen LogP) is 7.10. The van der Waals surface area contributed by atoms with Gasteiger partial charge in [0, 0.05) is 11.5 Å². The minimum absolute atomic E-state index is 0.123. The summed E-state index contributed by atoms with van der Waals surface area (Å²) in [4.78, 5) is 12.5. The van der Waals surface area contributed by atoms with E-state index in [1.807, 2.05) is 6.92 Å². The van der Waals surface area contributed by atoms with E-state index in [-0.39, 0.29) is 11.4 Å². The summed E-state index contributed by atoms with van der Waals surface area (Å²) in [5, 5.41) is 0. The van der Waals surface area contributed by atoms with Gasteiger partial charge in [-0.15, -0.1) is 0 Å². The number of carbonyl (C=O) groups excluding carboxylic acids is 1. The first-order valence-electron chi connectivity index (χ1n) is 11.6. The number of fused-ring (bicyclic) bond motifs is 3. The Morgan fingerprint density at radius 1 is 1.11 bits per heavy atom. The molecule has 0 aromatic carbocycles. The molecule has 3 rings (SSSR count). The molecule has 0 saturated heterocycles. The van der Waals surface area contributed by atoms with Crippen LogP contribution in [0.4, 0.5) is 0 Å². The lowest BCUT2D eigenvalue weighted by molar-refractivity contribution is -0.141. The number of hydrogen-bond donors (Lipinski definition) is 0. The average molecular weight is 387 g/mol. The quantitative estimate of drug-likeness (QED) is 0.292. The maximum atomic E-state index is 12.5. The second-order valence-corrected chi connectivity index (χ2v) is 10.9. The van der Waals surface area contributed by atoms with Crippen LogP contribution in [0.2, 0.25) is 0 Å². The third-order valence-electron chi connectivity index (χ3n) is 9.00. The van der Waals surface area contributed by atoms with Gasteiger partial charge in [0.05, 0.1) is 6.61 Å². The number of hydrogen-bond acceptors (Lipinski definition) is 2. The molecule has 158 valence electrons. The molecular formula is C26H42O2. The maximum Gasteiger partial charge on any atom is 0.333 e. The van der Waals surface area contributed by atoms with E-state index in [9.17, 15) is 4.79 Å². The van der Waals surface area contributed by atoms with E-state index in [1.165, 1.54) is 44.1 Å². The van der Waals surface area contributed by atoms with Gasteiger partial charge in [0.25, 0.3) is 0 Å². The molecule has 0 aromatic rings. The van der Waals surface area contributed by atoms with Crippen LogP contribution < -0.4 is 0 Å². The number of ether oxygens (including phenoxy) is 1. The largest absolute Gasteiger partial charge is 0.463 e. The van der Waals surface area contributed by atoms with Gasteiger partial charge in [-0.2, -0.15) is 0 Å². The average Bonchev–Trinajstić information content (AvgIpc) is 2.60. The van der Waals surface area contributed by atoms with Crippen LogP contribution in [0.15, 0.2) is 23.3 Å². The normalized spacial score (nSPS) is 40.2. The molecule has 0 unspecified atom stereocenters. The zero-order valence-corrected chi connectivity index (χ0v) is 19.4. The Bertz CT molecular complexity index is 670. The summed E-state index contributed by atoms with van der Waals surface area (Å²) in [5.74, 6) is 1.75. The van der Waals surface area contributed by atoms with Crippen molar-refractivity contribution in [3.8, 4) is 0 Å². The summed E-state index contributed by atoms with van der Waals surface area (Å²) >= 11 is 0. The second kappa shape index (κ2) is 7.65. The summed E-state index contributed by atoms with van der Waals surface area (Å²) in [6.45, 7) is 16.8. The van der Waals surface area contributed by atoms with Crippen molar-refractivity contribution in [2.24, 2.45) is 34.0 Å². The lowest BCUT2D eigenvalue weighted by Crippen LogP contribution is -2.57. The van der Waals surface area contributed by atoms with Crippen LogP contribution in [0.3, 0.4) is 0 Å². The van der Waals surface area contributed by atoms with Crippen LogP contribution in [0.1, 0.15) is 93.4 Å². The van der Waals surface area contributed by atoms with Crippen LogP contribution in [0, 0.1) is 34.0 Å². The minimum atomic E-state index is -0.123. The summed E-state index contributed by atoms with van der Waals surface area (Å²) in [6, 6.07) is 0. The Labute approximate surface area is 173 Å². The van der Waals surface area contributed by atoms with Crippen LogP contribution in [-0.4, -0.2) is 12.6 Å². The SMILES string of the molecule is CCOC(=O)/C(=C/[C@H]1C(C)=CC[C@H]2[C@@]1(C)CC[C@H]1C(C)(C)CCC[C@]21C)CC. The van der Waals surface area contributed by atoms with Crippen molar-refractivity contribution >= 4 is 5.97 Å².